The first-order chi connectivity index (χ1) is 13.9. The van der Waals surface area contributed by atoms with Crippen molar-refractivity contribution in [2.45, 2.75) is 12.6 Å². The zero-order chi connectivity index (χ0) is 20.9. The zero-order valence-corrected chi connectivity index (χ0v) is 17.1. The number of hydrogen-bond acceptors (Lipinski definition) is 5. The Hall–Kier alpha value is -2.71. The smallest absolute Gasteiger partial charge is 0.251 e. The maximum Gasteiger partial charge on any atom is 0.251 e. The number of benzene rings is 2. The van der Waals surface area contributed by atoms with Gasteiger partial charge in [0.15, 0.2) is 9.84 Å². The predicted molar refractivity (Wildman–Crippen MR) is 111 cm³/mol. The summed E-state index contributed by atoms with van der Waals surface area (Å²) in [4.78, 5) is 26.6. The van der Waals surface area contributed by atoms with Crippen LogP contribution < -0.4 is 10.6 Å². The Bertz CT molecular complexity index is 945. The third-order valence-electron chi connectivity index (χ3n) is 5.02. The van der Waals surface area contributed by atoms with E-state index in [0.717, 1.165) is 11.1 Å². The number of rotatable bonds is 6. The second-order valence-corrected chi connectivity index (χ2v) is 9.30. The molecule has 2 aromatic rings. The molecule has 0 aromatic heterocycles. The van der Waals surface area contributed by atoms with E-state index in [1.165, 1.54) is 0 Å². The van der Waals surface area contributed by atoms with Crippen molar-refractivity contribution in [2.75, 3.05) is 31.6 Å². The predicted octanol–water partition coefficient (Wildman–Crippen LogP) is 1.13. The molecule has 3 rings (SSSR count). The molecule has 0 aliphatic carbocycles. The van der Waals surface area contributed by atoms with Gasteiger partial charge in [-0.25, -0.2) is 8.42 Å². The molecule has 29 heavy (non-hydrogen) atoms. The van der Waals surface area contributed by atoms with Gasteiger partial charge in [-0.15, -0.1) is 0 Å². The fourth-order valence-corrected chi connectivity index (χ4v) is 4.58. The first kappa shape index (κ1) is 21.0. The molecule has 2 aromatic carbocycles. The van der Waals surface area contributed by atoms with Gasteiger partial charge in [-0.2, -0.15) is 0 Å². The molecule has 7 nitrogen and oxygen atoms in total. The maximum absolute atomic E-state index is 13.0. The highest BCUT2D eigenvalue weighted by Gasteiger charge is 2.32. The molecule has 1 fully saturated rings. The van der Waals surface area contributed by atoms with Crippen LogP contribution in [0.25, 0.3) is 0 Å². The van der Waals surface area contributed by atoms with Gasteiger partial charge in [-0.05, 0) is 23.3 Å². The summed E-state index contributed by atoms with van der Waals surface area (Å²) in [6.07, 6.45) is 0. The van der Waals surface area contributed by atoms with Crippen LogP contribution in [0.5, 0.6) is 0 Å². The fraction of sp³-hybridized carbons (Fsp3) is 0.333. The summed E-state index contributed by atoms with van der Waals surface area (Å²) in [5.74, 6) is -0.217. The summed E-state index contributed by atoms with van der Waals surface area (Å²) >= 11 is 0. The highest BCUT2D eigenvalue weighted by Crippen LogP contribution is 2.23. The molecule has 1 unspecified atom stereocenters. The molecule has 154 valence electrons. The molecule has 8 heteroatoms. The van der Waals surface area contributed by atoms with Crippen molar-refractivity contribution < 1.29 is 18.0 Å². The van der Waals surface area contributed by atoms with Gasteiger partial charge in [0.25, 0.3) is 5.91 Å². The molecule has 1 aliphatic rings. The third-order valence-corrected chi connectivity index (χ3v) is 6.63. The third kappa shape index (κ3) is 5.42. The molecule has 1 heterocycles. The van der Waals surface area contributed by atoms with E-state index in [9.17, 15) is 18.0 Å². The van der Waals surface area contributed by atoms with Crippen molar-refractivity contribution >= 4 is 21.7 Å². The average Bonchev–Trinajstić information content (AvgIpc) is 2.74. The molecule has 0 bridgehead atoms. The van der Waals surface area contributed by atoms with Crippen molar-refractivity contribution in [3.8, 4) is 0 Å². The van der Waals surface area contributed by atoms with E-state index in [4.69, 9.17) is 0 Å². The Morgan fingerprint density at radius 1 is 1.00 bits per heavy atom. The van der Waals surface area contributed by atoms with Crippen LogP contribution in [0.2, 0.25) is 0 Å². The molecule has 0 radical (unpaired) electrons. The molecule has 0 saturated carbocycles. The van der Waals surface area contributed by atoms with Gasteiger partial charge >= 0.3 is 0 Å². The highest BCUT2D eigenvalue weighted by molar-refractivity contribution is 7.91. The number of sulfone groups is 1. The second-order valence-electron chi connectivity index (χ2n) is 6.99. The molecule has 1 atom stereocenters. The lowest BCUT2D eigenvalue weighted by atomic mass is 10.0. The Morgan fingerprint density at radius 3 is 2.21 bits per heavy atom. The number of carbonyl (C=O) groups is 2. The maximum atomic E-state index is 13.0. The summed E-state index contributed by atoms with van der Waals surface area (Å²) in [7, 11) is -1.46. The molecule has 1 aliphatic heterocycles. The van der Waals surface area contributed by atoms with Gasteiger partial charge in [0.1, 0.15) is 6.04 Å². The Labute approximate surface area is 171 Å². The van der Waals surface area contributed by atoms with E-state index in [1.807, 2.05) is 35.2 Å². The van der Waals surface area contributed by atoms with Crippen LogP contribution in [-0.4, -0.2) is 56.8 Å². The molecule has 0 spiro atoms. The van der Waals surface area contributed by atoms with Crippen LogP contribution in [0.15, 0.2) is 54.6 Å². The van der Waals surface area contributed by atoms with E-state index in [-0.39, 0.29) is 23.3 Å². The molecular weight excluding hydrogens is 390 g/mol. The van der Waals surface area contributed by atoms with Gasteiger partial charge in [0, 0.05) is 32.2 Å². The van der Waals surface area contributed by atoms with Crippen LogP contribution in [-0.2, 0) is 21.2 Å². The number of carbonyl (C=O) groups excluding carboxylic acids is 2. The SMILES string of the molecule is CNC(=O)c1ccc(CNC(=O)C(c2ccccc2)N2CCS(=O)(=O)CC2)cc1. The monoisotopic (exact) mass is 415 g/mol. The molecule has 2 amide bonds. The lowest BCUT2D eigenvalue weighted by molar-refractivity contribution is -0.126. The topological polar surface area (TPSA) is 95.6 Å². The lowest BCUT2D eigenvalue weighted by Crippen LogP contribution is -2.47. The lowest BCUT2D eigenvalue weighted by Gasteiger charge is -2.33. The van der Waals surface area contributed by atoms with Gasteiger partial charge in [-0.1, -0.05) is 42.5 Å². The number of amides is 2. The van der Waals surface area contributed by atoms with Crippen molar-refractivity contribution in [3.63, 3.8) is 0 Å². The minimum Gasteiger partial charge on any atom is -0.355 e. The van der Waals surface area contributed by atoms with Gasteiger partial charge in [0.2, 0.25) is 5.91 Å². The first-order valence-electron chi connectivity index (χ1n) is 9.48. The quantitative estimate of drug-likeness (QED) is 0.738. The minimum atomic E-state index is -3.03. The van der Waals surface area contributed by atoms with Crippen LogP contribution in [0, 0.1) is 0 Å². The van der Waals surface area contributed by atoms with Crippen LogP contribution >= 0.6 is 0 Å². The molecule has 2 N–H and O–H groups in total. The average molecular weight is 416 g/mol. The van der Waals surface area contributed by atoms with Gasteiger partial charge in [-0.3, -0.25) is 14.5 Å². The zero-order valence-electron chi connectivity index (χ0n) is 16.3. The van der Waals surface area contributed by atoms with E-state index >= 15 is 0 Å². The summed E-state index contributed by atoms with van der Waals surface area (Å²) in [5, 5.41) is 5.52. The summed E-state index contributed by atoms with van der Waals surface area (Å²) < 4.78 is 23.6. The van der Waals surface area contributed by atoms with Gasteiger partial charge < -0.3 is 10.6 Å². The van der Waals surface area contributed by atoms with Crippen LogP contribution in [0.3, 0.4) is 0 Å². The van der Waals surface area contributed by atoms with Crippen LogP contribution in [0.1, 0.15) is 27.5 Å². The minimum absolute atomic E-state index is 0.0601. The van der Waals surface area contributed by atoms with Crippen molar-refractivity contribution in [1.82, 2.24) is 15.5 Å². The first-order valence-corrected chi connectivity index (χ1v) is 11.3. The number of nitrogens with zero attached hydrogens (tertiary/aromatic N) is 1. The summed E-state index contributed by atoms with van der Waals surface area (Å²) in [6.45, 7) is 0.981. The van der Waals surface area contributed by atoms with Crippen LogP contribution in [0.4, 0.5) is 0 Å². The second kappa shape index (κ2) is 9.19. The Morgan fingerprint density at radius 2 is 1.62 bits per heavy atom. The van der Waals surface area contributed by atoms with Crippen molar-refractivity contribution in [3.05, 3.63) is 71.3 Å². The normalized spacial score (nSPS) is 17.3. The van der Waals surface area contributed by atoms with Crippen molar-refractivity contribution in [2.24, 2.45) is 0 Å². The number of hydrogen-bond donors (Lipinski definition) is 2. The Balaban J connectivity index is 1.71. The largest absolute Gasteiger partial charge is 0.355 e. The number of nitrogens with one attached hydrogen (secondary N) is 2. The van der Waals surface area contributed by atoms with Gasteiger partial charge in [0.05, 0.1) is 11.5 Å². The molecule has 1 saturated heterocycles. The van der Waals surface area contributed by atoms with E-state index in [1.54, 1.807) is 31.3 Å². The highest BCUT2D eigenvalue weighted by atomic mass is 32.2. The molecular formula is C21H25N3O4S. The fourth-order valence-electron chi connectivity index (χ4n) is 3.35. The van der Waals surface area contributed by atoms with Crippen molar-refractivity contribution in [1.29, 1.82) is 0 Å². The van der Waals surface area contributed by atoms with E-state index < -0.39 is 15.9 Å². The standard InChI is InChI=1S/C21H25N3O4S/c1-22-20(25)18-9-7-16(8-10-18)15-23-21(26)19(17-5-3-2-4-6-17)24-11-13-29(27,28)14-12-24/h2-10,19H,11-15H2,1H3,(H,22,25)(H,23,26). The summed E-state index contributed by atoms with van der Waals surface area (Å²) in [6, 6.07) is 15.9. The summed E-state index contributed by atoms with van der Waals surface area (Å²) in [5.41, 5.74) is 2.26. The van der Waals surface area contributed by atoms with E-state index in [2.05, 4.69) is 10.6 Å². The Kier molecular flexibility index (Phi) is 6.66. The van der Waals surface area contributed by atoms with E-state index in [0.29, 0.717) is 25.2 Å².